The lowest BCUT2D eigenvalue weighted by molar-refractivity contribution is 0.815. The zero-order valence-corrected chi connectivity index (χ0v) is 11.9. The minimum absolute atomic E-state index is 0.280. The minimum Gasteiger partial charge on any atom is -0.377 e. The van der Waals surface area contributed by atoms with Crippen LogP contribution in [0.5, 0.6) is 0 Å². The fourth-order valence-electron chi connectivity index (χ4n) is 1.88. The summed E-state index contributed by atoms with van der Waals surface area (Å²) in [5.74, 6) is 0. The molecule has 0 amide bonds. The Bertz CT molecular complexity index is 519. The summed E-state index contributed by atoms with van der Waals surface area (Å²) in [6.07, 6.45) is 2.85. The highest BCUT2D eigenvalue weighted by atomic mass is 35.5. The molecule has 1 aromatic carbocycles. The second-order valence-electron chi connectivity index (χ2n) is 4.20. The Hall–Kier alpha value is -1.25. The van der Waals surface area contributed by atoms with Crippen LogP contribution in [-0.4, -0.2) is 0 Å². The molecule has 0 saturated carbocycles. The standard InChI is InChI=1S/C15H16ClNS/c1-3-5-14(15-6-4-9-18-15)17-13-8-7-12(16)10-11(13)2/h3-4,6-10,14,17H,1,5H2,2H3. The van der Waals surface area contributed by atoms with E-state index >= 15 is 0 Å². The van der Waals surface area contributed by atoms with Crippen molar-refractivity contribution in [1.82, 2.24) is 0 Å². The molecule has 2 aromatic rings. The Morgan fingerprint density at radius 1 is 1.44 bits per heavy atom. The number of benzene rings is 1. The summed E-state index contributed by atoms with van der Waals surface area (Å²) in [5, 5.41) is 6.43. The van der Waals surface area contributed by atoms with Gasteiger partial charge in [-0.2, -0.15) is 0 Å². The van der Waals surface area contributed by atoms with Gasteiger partial charge in [0.1, 0.15) is 0 Å². The van der Waals surface area contributed by atoms with Gasteiger partial charge in [0.05, 0.1) is 6.04 Å². The smallest absolute Gasteiger partial charge is 0.0640 e. The van der Waals surface area contributed by atoms with Gasteiger partial charge in [-0.3, -0.25) is 0 Å². The maximum atomic E-state index is 5.97. The number of halogens is 1. The summed E-state index contributed by atoms with van der Waals surface area (Å²) in [6.45, 7) is 5.90. The molecule has 0 aliphatic carbocycles. The summed E-state index contributed by atoms with van der Waals surface area (Å²) in [5.41, 5.74) is 2.28. The van der Waals surface area contributed by atoms with Gasteiger partial charge in [0.2, 0.25) is 0 Å². The number of thiophene rings is 1. The molecule has 0 aliphatic rings. The molecule has 1 nitrogen and oxygen atoms in total. The lowest BCUT2D eigenvalue weighted by Crippen LogP contribution is -2.09. The van der Waals surface area contributed by atoms with Gasteiger partial charge in [0.15, 0.2) is 0 Å². The van der Waals surface area contributed by atoms with Crippen molar-refractivity contribution in [3.05, 3.63) is 63.8 Å². The predicted octanol–water partition coefficient (Wildman–Crippen LogP) is 5.44. The summed E-state index contributed by atoms with van der Waals surface area (Å²) < 4.78 is 0. The van der Waals surface area contributed by atoms with E-state index in [9.17, 15) is 0 Å². The minimum atomic E-state index is 0.280. The first-order valence-electron chi connectivity index (χ1n) is 5.87. The zero-order chi connectivity index (χ0) is 13.0. The molecular weight excluding hydrogens is 262 g/mol. The predicted molar refractivity (Wildman–Crippen MR) is 81.7 cm³/mol. The number of hydrogen-bond donors (Lipinski definition) is 1. The molecular formula is C15H16ClNS. The van der Waals surface area contributed by atoms with Crippen LogP contribution in [0.4, 0.5) is 5.69 Å². The maximum absolute atomic E-state index is 5.97. The van der Waals surface area contributed by atoms with E-state index < -0.39 is 0 Å². The lowest BCUT2D eigenvalue weighted by atomic mass is 10.1. The monoisotopic (exact) mass is 277 g/mol. The molecule has 2 rings (SSSR count). The van der Waals surface area contributed by atoms with Crippen LogP contribution in [0.25, 0.3) is 0 Å². The van der Waals surface area contributed by atoms with Gasteiger partial charge in [-0.15, -0.1) is 17.9 Å². The molecule has 1 aromatic heterocycles. The maximum Gasteiger partial charge on any atom is 0.0640 e. The first-order valence-corrected chi connectivity index (χ1v) is 7.13. The van der Waals surface area contributed by atoms with E-state index in [0.29, 0.717) is 0 Å². The Kier molecular flexibility index (Phi) is 4.45. The molecule has 94 valence electrons. The highest BCUT2D eigenvalue weighted by molar-refractivity contribution is 7.10. The van der Waals surface area contributed by atoms with Crippen molar-refractivity contribution < 1.29 is 0 Å². The first kappa shape index (κ1) is 13.2. The van der Waals surface area contributed by atoms with Crippen LogP contribution < -0.4 is 5.32 Å². The van der Waals surface area contributed by atoms with Crippen molar-refractivity contribution in [1.29, 1.82) is 0 Å². The van der Waals surface area contributed by atoms with Crippen LogP contribution in [0.15, 0.2) is 48.4 Å². The van der Waals surface area contributed by atoms with Crippen LogP contribution >= 0.6 is 22.9 Å². The number of aryl methyl sites for hydroxylation is 1. The van der Waals surface area contributed by atoms with Crippen molar-refractivity contribution in [2.75, 3.05) is 5.32 Å². The summed E-state index contributed by atoms with van der Waals surface area (Å²) in [6, 6.07) is 10.4. The number of hydrogen-bond acceptors (Lipinski definition) is 2. The molecule has 0 saturated heterocycles. The summed E-state index contributed by atoms with van der Waals surface area (Å²) in [7, 11) is 0. The van der Waals surface area contributed by atoms with Crippen molar-refractivity contribution in [3.8, 4) is 0 Å². The average Bonchev–Trinajstić information content (AvgIpc) is 2.85. The van der Waals surface area contributed by atoms with Crippen molar-refractivity contribution in [2.45, 2.75) is 19.4 Å². The van der Waals surface area contributed by atoms with Gasteiger partial charge in [-0.25, -0.2) is 0 Å². The second-order valence-corrected chi connectivity index (χ2v) is 5.61. The van der Waals surface area contributed by atoms with E-state index in [4.69, 9.17) is 11.6 Å². The Balaban J connectivity index is 2.21. The van der Waals surface area contributed by atoms with Gasteiger partial charge in [-0.1, -0.05) is 23.7 Å². The summed E-state index contributed by atoms with van der Waals surface area (Å²) >= 11 is 7.74. The topological polar surface area (TPSA) is 12.0 Å². The van der Waals surface area contributed by atoms with E-state index in [1.807, 2.05) is 24.3 Å². The van der Waals surface area contributed by atoms with Crippen molar-refractivity contribution in [3.63, 3.8) is 0 Å². The molecule has 0 fully saturated rings. The first-order chi connectivity index (χ1) is 8.70. The molecule has 18 heavy (non-hydrogen) atoms. The number of anilines is 1. The fraction of sp³-hybridized carbons (Fsp3) is 0.200. The third-order valence-corrected chi connectivity index (χ3v) is 4.03. The molecule has 1 unspecified atom stereocenters. The molecule has 0 spiro atoms. The van der Waals surface area contributed by atoms with E-state index in [2.05, 4.69) is 36.3 Å². The van der Waals surface area contributed by atoms with Gasteiger partial charge in [0, 0.05) is 15.6 Å². The van der Waals surface area contributed by atoms with E-state index in [0.717, 1.165) is 22.7 Å². The Labute approximate surface area is 117 Å². The highest BCUT2D eigenvalue weighted by Crippen LogP contribution is 2.29. The Morgan fingerprint density at radius 3 is 2.89 bits per heavy atom. The largest absolute Gasteiger partial charge is 0.377 e. The van der Waals surface area contributed by atoms with Crippen LogP contribution in [0, 0.1) is 6.92 Å². The van der Waals surface area contributed by atoms with Crippen LogP contribution in [0.1, 0.15) is 22.9 Å². The molecule has 3 heteroatoms. The SMILES string of the molecule is C=CCC(Nc1ccc(Cl)cc1C)c1cccs1. The third-order valence-electron chi connectivity index (χ3n) is 2.81. The van der Waals surface area contributed by atoms with E-state index in [1.54, 1.807) is 11.3 Å². The summed E-state index contributed by atoms with van der Waals surface area (Å²) in [4.78, 5) is 1.32. The third kappa shape index (κ3) is 3.15. The van der Waals surface area contributed by atoms with E-state index in [1.165, 1.54) is 4.88 Å². The van der Waals surface area contributed by atoms with Crippen molar-refractivity contribution in [2.24, 2.45) is 0 Å². The molecule has 1 atom stereocenters. The number of nitrogens with one attached hydrogen (secondary N) is 1. The van der Waals surface area contributed by atoms with Crippen LogP contribution in [0.3, 0.4) is 0 Å². The van der Waals surface area contributed by atoms with Gasteiger partial charge >= 0.3 is 0 Å². The molecule has 0 aliphatic heterocycles. The average molecular weight is 278 g/mol. The lowest BCUT2D eigenvalue weighted by Gasteiger charge is -2.19. The van der Waals surface area contributed by atoms with Gasteiger partial charge in [0.25, 0.3) is 0 Å². The highest BCUT2D eigenvalue weighted by Gasteiger charge is 2.11. The number of rotatable bonds is 5. The normalized spacial score (nSPS) is 12.1. The van der Waals surface area contributed by atoms with Gasteiger partial charge < -0.3 is 5.32 Å². The van der Waals surface area contributed by atoms with Gasteiger partial charge in [-0.05, 0) is 48.6 Å². The Morgan fingerprint density at radius 2 is 2.28 bits per heavy atom. The second kappa shape index (κ2) is 6.07. The van der Waals surface area contributed by atoms with Crippen LogP contribution in [-0.2, 0) is 0 Å². The zero-order valence-electron chi connectivity index (χ0n) is 10.3. The fourth-order valence-corrected chi connectivity index (χ4v) is 2.90. The van der Waals surface area contributed by atoms with Crippen LogP contribution in [0.2, 0.25) is 5.02 Å². The quantitative estimate of drug-likeness (QED) is 0.718. The van der Waals surface area contributed by atoms with Crippen molar-refractivity contribution >= 4 is 28.6 Å². The molecule has 0 radical (unpaired) electrons. The molecule has 1 heterocycles. The van der Waals surface area contributed by atoms with E-state index in [-0.39, 0.29) is 6.04 Å². The molecule has 0 bridgehead atoms. The molecule has 1 N–H and O–H groups in total.